The van der Waals surface area contributed by atoms with Crippen molar-refractivity contribution < 1.29 is 23.8 Å². The third-order valence-corrected chi connectivity index (χ3v) is 4.56. The maximum atomic E-state index is 12.6. The highest BCUT2D eigenvalue weighted by Crippen LogP contribution is 2.38. The van der Waals surface area contributed by atoms with Crippen LogP contribution in [0.25, 0.3) is 0 Å². The van der Waals surface area contributed by atoms with Gasteiger partial charge in [0, 0.05) is 30.6 Å². The maximum Gasteiger partial charge on any atom is 0.251 e. The van der Waals surface area contributed by atoms with Crippen LogP contribution in [0.1, 0.15) is 37.0 Å². The van der Waals surface area contributed by atoms with Gasteiger partial charge in [0.15, 0.2) is 11.5 Å². The zero-order chi connectivity index (χ0) is 19.3. The molecule has 0 aromatic heterocycles. The molecular formula is C19H28N2O5. The lowest BCUT2D eigenvalue weighted by atomic mass is 10.0. The molecule has 144 valence electrons. The SMILES string of the molecule is COc1cc(C(=O)NC2CCN(C(=O)C(C)C)CC2)cc(OC)c1OC. The summed E-state index contributed by atoms with van der Waals surface area (Å²) in [5.41, 5.74) is 0.445. The Kier molecular flexibility index (Phi) is 6.71. The Bertz CT molecular complexity index is 626. The summed E-state index contributed by atoms with van der Waals surface area (Å²) in [6.07, 6.45) is 1.49. The van der Waals surface area contributed by atoms with Crippen molar-refractivity contribution in [2.45, 2.75) is 32.7 Å². The topological polar surface area (TPSA) is 77.1 Å². The van der Waals surface area contributed by atoms with E-state index in [-0.39, 0.29) is 23.8 Å². The van der Waals surface area contributed by atoms with E-state index in [1.54, 1.807) is 12.1 Å². The molecular weight excluding hydrogens is 336 g/mol. The average Bonchev–Trinajstić information content (AvgIpc) is 2.66. The Morgan fingerprint density at radius 3 is 2.00 bits per heavy atom. The standard InChI is InChI=1S/C19H28N2O5/c1-12(2)19(23)21-8-6-14(7-9-21)20-18(22)13-10-15(24-3)17(26-5)16(11-13)25-4/h10-12,14H,6-9H2,1-5H3,(H,20,22). The summed E-state index contributed by atoms with van der Waals surface area (Å²) in [5.74, 6) is 1.30. The van der Waals surface area contributed by atoms with E-state index >= 15 is 0 Å². The van der Waals surface area contributed by atoms with Crippen LogP contribution in [-0.4, -0.2) is 57.2 Å². The fourth-order valence-electron chi connectivity index (χ4n) is 3.09. The molecule has 2 amide bonds. The van der Waals surface area contributed by atoms with E-state index in [0.717, 1.165) is 12.8 Å². The van der Waals surface area contributed by atoms with Crippen molar-refractivity contribution in [3.05, 3.63) is 17.7 Å². The van der Waals surface area contributed by atoms with Crippen LogP contribution in [0.15, 0.2) is 12.1 Å². The average molecular weight is 364 g/mol. The lowest BCUT2D eigenvalue weighted by Crippen LogP contribution is -2.47. The summed E-state index contributed by atoms with van der Waals surface area (Å²) in [4.78, 5) is 26.5. The van der Waals surface area contributed by atoms with Crippen LogP contribution in [0.2, 0.25) is 0 Å². The Balaban J connectivity index is 2.04. The lowest BCUT2D eigenvalue weighted by Gasteiger charge is -2.33. The molecule has 26 heavy (non-hydrogen) atoms. The molecule has 0 saturated carbocycles. The number of carbonyl (C=O) groups excluding carboxylic acids is 2. The first-order chi connectivity index (χ1) is 12.4. The van der Waals surface area contributed by atoms with E-state index in [2.05, 4.69) is 5.32 Å². The molecule has 1 fully saturated rings. The summed E-state index contributed by atoms with van der Waals surface area (Å²) in [5, 5.41) is 3.04. The quantitative estimate of drug-likeness (QED) is 0.836. The summed E-state index contributed by atoms with van der Waals surface area (Å²) in [6, 6.07) is 3.31. The summed E-state index contributed by atoms with van der Waals surface area (Å²) in [7, 11) is 4.55. The van der Waals surface area contributed by atoms with Gasteiger partial charge in [-0.25, -0.2) is 0 Å². The number of methoxy groups -OCH3 is 3. The van der Waals surface area contributed by atoms with Crippen molar-refractivity contribution in [2.24, 2.45) is 5.92 Å². The first kappa shape index (κ1) is 19.9. The highest BCUT2D eigenvalue weighted by Gasteiger charge is 2.26. The minimum Gasteiger partial charge on any atom is -0.493 e. The fraction of sp³-hybridized carbons (Fsp3) is 0.579. The highest BCUT2D eigenvalue weighted by molar-refractivity contribution is 5.95. The van der Waals surface area contributed by atoms with Crippen LogP contribution < -0.4 is 19.5 Å². The van der Waals surface area contributed by atoms with Crippen molar-refractivity contribution in [1.82, 2.24) is 10.2 Å². The number of hydrogen-bond acceptors (Lipinski definition) is 5. The lowest BCUT2D eigenvalue weighted by molar-refractivity contribution is -0.135. The Morgan fingerprint density at radius 1 is 1.04 bits per heavy atom. The molecule has 2 rings (SSSR count). The number of piperidine rings is 1. The second-order valence-electron chi connectivity index (χ2n) is 6.64. The number of likely N-dealkylation sites (tertiary alicyclic amines) is 1. The second-order valence-corrected chi connectivity index (χ2v) is 6.64. The fourth-order valence-corrected chi connectivity index (χ4v) is 3.09. The number of nitrogens with zero attached hydrogens (tertiary/aromatic N) is 1. The number of ether oxygens (including phenoxy) is 3. The molecule has 1 aliphatic heterocycles. The number of amides is 2. The molecule has 0 atom stereocenters. The first-order valence-corrected chi connectivity index (χ1v) is 8.80. The van der Waals surface area contributed by atoms with Crippen molar-refractivity contribution >= 4 is 11.8 Å². The number of benzene rings is 1. The third-order valence-electron chi connectivity index (χ3n) is 4.56. The molecule has 0 bridgehead atoms. The monoisotopic (exact) mass is 364 g/mol. The van der Waals surface area contributed by atoms with E-state index in [0.29, 0.717) is 35.9 Å². The summed E-state index contributed by atoms with van der Waals surface area (Å²) >= 11 is 0. The minimum atomic E-state index is -0.196. The predicted molar refractivity (Wildman–Crippen MR) is 98.0 cm³/mol. The van der Waals surface area contributed by atoms with Crippen LogP contribution in [0.3, 0.4) is 0 Å². The van der Waals surface area contributed by atoms with Crippen LogP contribution in [0.5, 0.6) is 17.2 Å². The van der Waals surface area contributed by atoms with Crippen molar-refractivity contribution in [3.63, 3.8) is 0 Å². The Hall–Kier alpha value is -2.44. The van der Waals surface area contributed by atoms with Gasteiger partial charge in [0.1, 0.15) is 0 Å². The highest BCUT2D eigenvalue weighted by atomic mass is 16.5. The zero-order valence-corrected chi connectivity index (χ0v) is 16.1. The van der Waals surface area contributed by atoms with Gasteiger partial charge in [0.2, 0.25) is 11.7 Å². The van der Waals surface area contributed by atoms with Crippen LogP contribution in [0.4, 0.5) is 0 Å². The van der Waals surface area contributed by atoms with E-state index in [1.165, 1.54) is 21.3 Å². The summed E-state index contributed by atoms with van der Waals surface area (Å²) < 4.78 is 15.9. The summed E-state index contributed by atoms with van der Waals surface area (Å²) in [6.45, 7) is 5.13. The number of rotatable bonds is 6. The van der Waals surface area contributed by atoms with Gasteiger partial charge in [-0.15, -0.1) is 0 Å². The molecule has 0 unspecified atom stereocenters. The molecule has 1 aromatic carbocycles. The van der Waals surface area contributed by atoms with Gasteiger partial charge < -0.3 is 24.4 Å². The van der Waals surface area contributed by atoms with Crippen LogP contribution >= 0.6 is 0 Å². The van der Waals surface area contributed by atoms with Gasteiger partial charge in [-0.2, -0.15) is 0 Å². The molecule has 7 nitrogen and oxygen atoms in total. The normalized spacial score (nSPS) is 14.9. The van der Waals surface area contributed by atoms with E-state index < -0.39 is 0 Å². The zero-order valence-electron chi connectivity index (χ0n) is 16.1. The van der Waals surface area contributed by atoms with Gasteiger partial charge in [-0.05, 0) is 25.0 Å². The van der Waals surface area contributed by atoms with Gasteiger partial charge >= 0.3 is 0 Å². The molecule has 7 heteroatoms. The molecule has 0 aliphatic carbocycles. The van der Waals surface area contributed by atoms with E-state index in [1.807, 2.05) is 18.7 Å². The van der Waals surface area contributed by atoms with E-state index in [9.17, 15) is 9.59 Å². The molecule has 1 N–H and O–H groups in total. The van der Waals surface area contributed by atoms with Crippen LogP contribution in [0, 0.1) is 5.92 Å². The second kappa shape index (κ2) is 8.78. The van der Waals surface area contributed by atoms with E-state index in [4.69, 9.17) is 14.2 Å². The Morgan fingerprint density at radius 2 is 1.58 bits per heavy atom. The molecule has 1 aromatic rings. The van der Waals surface area contributed by atoms with Gasteiger partial charge in [-0.3, -0.25) is 9.59 Å². The smallest absolute Gasteiger partial charge is 0.251 e. The minimum absolute atomic E-state index is 0.000343. The molecule has 1 saturated heterocycles. The van der Waals surface area contributed by atoms with Crippen molar-refractivity contribution in [1.29, 1.82) is 0 Å². The number of nitrogens with one attached hydrogen (secondary N) is 1. The number of hydrogen-bond donors (Lipinski definition) is 1. The van der Waals surface area contributed by atoms with Gasteiger partial charge in [0.25, 0.3) is 5.91 Å². The predicted octanol–water partition coefficient (Wildman–Crippen LogP) is 2.09. The number of carbonyl (C=O) groups is 2. The molecule has 0 radical (unpaired) electrons. The van der Waals surface area contributed by atoms with Crippen molar-refractivity contribution in [3.8, 4) is 17.2 Å². The van der Waals surface area contributed by atoms with Crippen LogP contribution in [-0.2, 0) is 4.79 Å². The third kappa shape index (κ3) is 4.39. The largest absolute Gasteiger partial charge is 0.493 e. The molecule has 0 spiro atoms. The molecule has 1 aliphatic rings. The molecule has 1 heterocycles. The van der Waals surface area contributed by atoms with Gasteiger partial charge in [0.05, 0.1) is 21.3 Å². The Labute approximate surface area is 154 Å². The first-order valence-electron chi connectivity index (χ1n) is 8.80. The maximum absolute atomic E-state index is 12.6. The van der Waals surface area contributed by atoms with Crippen molar-refractivity contribution in [2.75, 3.05) is 34.4 Å². The van der Waals surface area contributed by atoms with Gasteiger partial charge in [-0.1, -0.05) is 13.8 Å².